The van der Waals surface area contributed by atoms with E-state index in [0.29, 0.717) is 16.9 Å². The van der Waals surface area contributed by atoms with E-state index in [0.717, 1.165) is 0 Å². The summed E-state index contributed by atoms with van der Waals surface area (Å²) < 4.78 is 15.7. The molecule has 4 aromatic rings. The lowest BCUT2D eigenvalue weighted by molar-refractivity contribution is -0.384. The molecule has 11 heteroatoms. The first-order valence-electron chi connectivity index (χ1n) is 9.20. The zero-order chi connectivity index (χ0) is 22.5. The lowest BCUT2D eigenvalue weighted by atomic mass is 10.1. The highest BCUT2D eigenvalue weighted by atomic mass is 16.6. The van der Waals surface area contributed by atoms with Gasteiger partial charge in [-0.2, -0.15) is 0 Å². The normalized spacial score (nSPS) is 10.5. The maximum absolute atomic E-state index is 12.1. The predicted octanol–water partition coefficient (Wildman–Crippen LogP) is 3.70. The van der Waals surface area contributed by atoms with Crippen LogP contribution in [0.25, 0.3) is 22.8 Å². The van der Waals surface area contributed by atoms with Gasteiger partial charge < -0.3 is 13.6 Å². The number of carbonyl (C=O) groups is 2. The quantitative estimate of drug-likeness (QED) is 0.261. The number of hydrogen-bond acceptors (Lipinski definition) is 9. The van der Waals surface area contributed by atoms with Crippen LogP contribution in [0.2, 0.25) is 0 Å². The molecule has 11 nitrogen and oxygen atoms in total. The van der Waals surface area contributed by atoms with E-state index in [2.05, 4.69) is 15.5 Å². The Hall–Kier alpha value is -4.80. The Morgan fingerprint density at radius 1 is 0.938 bits per heavy atom. The Bertz CT molecular complexity index is 1260. The van der Waals surface area contributed by atoms with E-state index >= 15 is 0 Å². The zero-order valence-corrected chi connectivity index (χ0v) is 16.3. The molecule has 0 fully saturated rings. The highest BCUT2D eigenvalue weighted by Gasteiger charge is 2.17. The van der Waals surface area contributed by atoms with Crippen molar-refractivity contribution in [2.75, 3.05) is 11.9 Å². The first-order chi connectivity index (χ1) is 15.5. The van der Waals surface area contributed by atoms with Gasteiger partial charge in [-0.15, -0.1) is 5.10 Å². The van der Waals surface area contributed by atoms with E-state index < -0.39 is 23.4 Å². The number of esters is 1. The fourth-order valence-electron chi connectivity index (χ4n) is 2.68. The fraction of sp³-hybridized carbons (Fsp3) is 0.0476. The van der Waals surface area contributed by atoms with Crippen LogP contribution < -0.4 is 5.32 Å². The average molecular weight is 434 g/mol. The number of nitro groups is 1. The number of rotatable bonds is 7. The molecular weight excluding hydrogens is 420 g/mol. The second-order valence-corrected chi connectivity index (χ2v) is 6.37. The summed E-state index contributed by atoms with van der Waals surface area (Å²) in [5, 5.41) is 20.6. The van der Waals surface area contributed by atoms with Gasteiger partial charge in [-0.1, -0.05) is 23.3 Å². The maximum Gasteiger partial charge on any atom is 0.374 e. The van der Waals surface area contributed by atoms with Crippen LogP contribution in [0.3, 0.4) is 0 Å². The lowest BCUT2D eigenvalue weighted by Gasteiger charge is -2.02. The number of ether oxygens (including phenoxy) is 1. The number of nitrogens with zero attached hydrogens (tertiary/aromatic N) is 3. The fourth-order valence-corrected chi connectivity index (χ4v) is 2.68. The molecule has 0 radical (unpaired) electrons. The lowest BCUT2D eigenvalue weighted by Crippen LogP contribution is -2.20. The third kappa shape index (κ3) is 4.67. The molecule has 0 aliphatic heterocycles. The van der Waals surface area contributed by atoms with E-state index in [9.17, 15) is 19.7 Å². The molecule has 0 unspecified atom stereocenters. The number of anilines is 1. The molecule has 0 aliphatic rings. The smallest absolute Gasteiger partial charge is 0.374 e. The van der Waals surface area contributed by atoms with E-state index in [-0.39, 0.29) is 23.4 Å². The van der Waals surface area contributed by atoms with Gasteiger partial charge in [-0.3, -0.25) is 20.2 Å². The second-order valence-electron chi connectivity index (χ2n) is 6.37. The Labute approximate surface area is 179 Å². The third-order valence-corrected chi connectivity index (χ3v) is 4.20. The highest BCUT2D eigenvalue weighted by Crippen LogP contribution is 2.25. The molecule has 1 amide bonds. The molecule has 2 aromatic heterocycles. The Morgan fingerprint density at radius 2 is 1.69 bits per heavy atom. The van der Waals surface area contributed by atoms with Crippen LogP contribution in [0.1, 0.15) is 10.6 Å². The van der Waals surface area contributed by atoms with Crippen molar-refractivity contribution in [3.8, 4) is 22.8 Å². The number of amides is 1. The van der Waals surface area contributed by atoms with Gasteiger partial charge in [0.1, 0.15) is 5.76 Å². The average Bonchev–Trinajstić information content (AvgIpc) is 3.48. The summed E-state index contributed by atoms with van der Waals surface area (Å²) in [5.41, 5.74) is 1.16. The number of carbonyl (C=O) groups excluding carboxylic acids is 2. The van der Waals surface area contributed by atoms with Gasteiger partial charge in [0.2, 0.25) is 11.7 Å². The zero-order valence-electron chi connectivity index (χ0n) is 16.3. The first kappa shape index (κ1) is 20.5. The summed E-state index contributed by atoms with van der Waals surface area (Å²) in [6.07, 6.45) is 0. The van der Waals surface area contributed by atoms with E-state index in [1.807, 2.05) is 6.07 Å². The molecule has 2 aromatic carbocycles. The molecule has 160 valence electrons. The van der Waals surface area contributed by atoms with E-state index in [1.165, 1.54) is 36.4 Å². The number of nitro benzene ring substituents is 1. The summed E-state index contributed by atoms with van der Waals surface area (Å²) >= 11 is 0. The molecule has 0 saturated heterocycles. The number of nitrogens with one attached hydrogen (secondary N) is 1. The molecule has 0 aliphatic carbocycles. The SMILES string of the molecule is O=C(COC(=O)c1ccc(-c2ccc([N+](=O)[O-])cc2)o1)Nc1nnc(-c2ccccc2)o1. The Morgan fingerprint density at radius 3 is 2.41 bits per heavy atom. The Balaban J connectivity index is 1.31. The van der Waals surface area contributed by atoms with Crippen LogP contribution >= 0.6 is 0 Å². The largest absolute Gasteiger partial charge is 0.450 e. The van der Waals surface area contributed by atoms with Gasteiger partial charge >= 0.3 is 12.0 Å². The number of hydrogen-bond donors (Lipinski definition) is 1. The minimum absolute atomic E-state index is 0.0666. The molecule has 0 bridgehead atoms. The first-order valence-corrected chi connectivity index (χ1v) is 9.20. The van der Waals surface area contributed by atoms with Crippen LogP contribution in [0.15, 0.2) is 75.6 Å². The van der Waals surface area contributed by atoms with Gasteiger partial charge in [-0.25, -0.2) is 4.79 Å². The van der Waals surface area contributed by atoms with Gasteiger partial charge in [0.25, 0.3) is 11.6 Å². The van der Waals surface area contributed by atoms with Crippen molar-refractivity contribution in [3.63, 3.8) is 0 Å². The number of non-ortho nitro benzene ring substituents is 1. The summed E-state index contributed by atoms with van der Waals surface area (Å²) in [6, 6.07) is 17.4. The van der Waals surface area contributed by atoms with Crippen molar-refractivity contribution >= 4 is 23.6 Å². The van der Waals surface area contributed by atoms with Crippen molar-refractivity contribution in [2.24, 2.45) is 0 Å². The van der Waals surface area contributed by atoms with Gasteiger partial charge in [-0.05, 0) is 36.4 Å². The third-order valence-electron chi connectivity index (χ3n) is 4.20. The van der Waals surface area contributed by atoms with E-state index in [4.69, 9.17) is 13.6 Å². The summed E-state index contributed by atoms with van der Waals surface area (Å²) in [5.74, 6) is -1.12. The molecular formula is C21H14N4O7. The topological polar surface area (TPSA) is 151 Å². The van der Waals surface area contributed by atoms with Gasteiger partial charge in [0, 0.05) is 23.3 Å². The van der Waals surface area contributed by atoms with Crippen LogP contribution in [-0.4, -0.2) is 33.6 Å². The number of aromatic nitrogens is 2. The molecule has 0 atom stereocenters. The predicted molar refractivity (Wildman–Crippen MR) is 109 cm³/mol. The molecule has 0 spiro atoms. The van der Waals surface area contributed by atoms with Crippen molar-refractivity contribution in [3.05, 3.63) is 82.6 Å². The van der Waals surface area contributed by atoms with Gasteiger partial charge in [0.15, 0.2) is 6.61 Å². The van der Waals surface area contributed by atoms with Gasteiger partial charge in [0.05, 0.1) is 4.92 Å². The molecule has 32 heavy (non-hydrogen) atoms. The standard InChI is InChI=1S/C21H14N4O7/c26-18(22-21-24-23-19(32-21)14-4-2-1-3-5-14)12-30-20(27)17-11-10-16(31-17)13-6-8-15(9-7-13)25(28)29/h1-11H,12H2,(H,22,24,26). The van der Waals surface area contributed by atoms with Crippen molar-refractivity contribution in [2.45, 2.75) is 0 Å². The minimum Gasteiger partial charge on any atom is -0.450 e. The monoisotopic (exact) mass is 434 g/mol. The van der Waals surface area contributed by atoms with Crippen LogP contribution in [0, 0.1) is 10.1 Å². The molecule has 0 saturated carbocycles. The maximum atomic E-state index is 12.1. The minimum atomic E-state index is -0.858. The van der Waals surface area contributed by atoms with Crippen molar-refractivity contribution < 1.29 is 28.1 Å². The molecule has 1 N–H and O–H groups in total. The summed E-state index contributed by atoms with van der Waals surface area (Å²) in [6.45, 7) is -0.602. The summed E-state index contributed by atoms with van der Waals surface area (Å²) in [4.78, 5) is 34.4. The highest BCUT2D eigenvalue weighted by molar-refractivity contribution is 5.93. The van der Waals surface area contributed by atoms with Crippen LogP contribution in [0.4, 0.5) is 11.7 Å². The second kappa shape index (κ2) is 8.92. The molecule has 4 rings (SSSR count). The molecule has 2 heterocycles. The number of furan rings is 1. The Kier molecular flexibility index (Phi) is 5.70. The van der Waals surface area contributed by atoms with E-state index in [1.54, 1.807) is 24.3 Å². The van der Waals surface area contributed by atoms with Crippen LogP contribution in [-0.2, 0) is 9.53 Å². The number of benzene rings is 2. The van der Waals surface area contributed by atoms with Crippen molar-refractivity contribution in [1.29, 1.82) is 0 Å². The van der Waals surface area contributed by atoms with Crippen LogP contribution in [0.5, 0.6) is 0 Å². The van der Waals surface area contributed by atoms with Crippen molar-refractivity contribution in [1.82, 2.24) is 10.2 Å². The summed E-state index contributed by atoms with van der Waals surface area (Å²) in [7, 11) is 0.